The van der Waals surface area contributed by atoms with Gasteiger partial charge >= 0.3 is 5.97 Å². The second kappa shape index (κ2) is 6.21. The molecule has 0 saturated heterocycles. The van der Waals surface area contributed by atoms with Gasteiger partial charge in [0.1, 0.15) is 5.56 Å². The molecule has 104 valence electrons. The standard InChI is InChI=1S/C13H12ClN3O3/c1-2-20-12(19)10-7-15-13(17-11(10)18)16-9-5-3-8(14)4-6-9/h3-7H,2H2,1H3,(H2,15,16,17,18). The molecule has 20 heavy (non-hydrogen) atoms. The molecule has 2 N–H and O–H groups in total. The third kappa shape index (κ3) is 3.36. The Labute approximate surface area is 119 Å². The summed E-state index contributed by atoms with van der Waals surface area (Å²) in [4.78, 5) is 29.6. The van der Waals surface area contributed by atoms with E-state index in [9.17, 15) is 9.59 Å². The van der Waals surface area contributed by atoms with Gasteiger partial charge in [0, 0.05) is 10.7 Å². The van der Waals surface area contributed by atoms with E-state index in [-0.39, 0.29) is 18.1 Å². The minimum atomic E-state index is -0.695. The summed E-state index contributed by atoms with van der Waals surface area (Å²) in [5.41, 5.74) is 0.0184. The molecule has 0 amide bonds. The van der Waals surface area contributed by atoms with Crippen LogP contribution in [0.5, 0.6) is 0 Å². The molecule has 0 aliphatic heterocycles. The Balaban J connectivity index is 2.19. The lowest BCUT2D eigenvalue weighted by Gasteiger charge is -2.06. The minimum absolute atomic E-state index is 0.131. The third-order valence-corrected chi connectivity index (χ3v) is 2.65. The maximum Gasteiger partial charge on any atom is 0.345 e. The molecule has 0 atom stereocenters. The number of rotatable bonds is 4. The van der Waals surface area contributed by atoms with Crippen LogP contribution in [0.2, 0.25) is 5.02 Å². The van der Waals surface area contributed by atoms with E-state index in [1.165, 1.54) is 6.20 Å². The quantitative estimate of drug-likeness (QED) is 0.845. The molecular formula is C13H12ClN3O3. The summed E-state index contributed by atoms with van der Waals surface area (Å²) < 4.78 is 4.75. The van der Waals surface area contributed by atoms with Gasteiger partial charge in [-0.25, -0.2) is 9.78 Å². The van der Waals surface area contributed by atoms with Crippen molar-refractivity contribution in [1.29, 1.82) is 0 Å². The third-order valence-electron chi connectivity index (χ3n) is 2.40. The van der Waals surface area contributed by atoms with E-state index in [0.29, 0.717) is 10.7 Å². The highest BCUT2D eigenvalue weighted by molar-refractivity contribution is 6.30. The average Bonchev–Trinajstić information content (AvgIpc) is 2.42. The number of nitrogens with zero attached hydrogens (tertiary/aromatic N) is 1. The fraction of sp³-hybridized carbons (Fsp3) is 0.154. The zero-order valence-corrected chi connectivity index (χ0v) is 11.4. The summed E-state index contributed by atoms with van der Waals surface area (Å²) in [6, 6.07) is 6.88. The zero-order valence-electron chi connectivity index (χ0n) is 10.6. The lowest BCUT2D eigenvalue weighted by atomic mass is 10.3. The molecule has 0 aliphatic carbocycles. The molecule has 6 nitrogen and oxygen atoms in total. The van der Waals surface area contributed by atoms with Crippen LogP contribution in [-0.4, -0.2) is 22.5 Å². The molecule has 2 rings (SSSR count). The van der Waals surface area contributed by atoms with Gasteiger partial charge in [0.15, 0.2) is 0 Å². The number of esters is 1. The number of halogens is 1. The number of hydrogen-bond donors (Lipinski definition) is 2. The molecule has 0 saturated carbocycles. The Morgan fingerprint density at radius 1 is 1.40 bits per heavy atom. The SMILES string of the molecule is CCOC(=O)c1cnc(Nc2ccc(Cl)cc2)[nH]c1=O. The molecule has 1 heterocycles. The van der Waals surface area contributed by atoms with Gasteiger partial charge in [-0.05, 0) is 31.2 Å². The van der Waals surface area contributed by atoms with Crippen molar-refractivity contribution in [3.63, 3.8) is 0 Å². The average molecular weight is 294 g/mol. The fourth-order valence-corrected chi connectivity index (χ4v) is 1.61. The van der Waals surface area contributed by atoms with Crippen molar-refractivity contribution in [2.75, 3.05) is 11.9 Å². The Kier molecular flexibility index (Phi) is 4.37. The number of benzene rings is 1. The monoisotopic (exact) mass is 293 g/mol. The van der Waals surface area contributed by atoms with E-state index < -0.39 is 11.5 Å². The Hall–Kier alpha value is -2.34. The highest BCUT2D eigenvalue weighted by atomic mass is 35.5. The summed E-state index contributed by atoms with van der Waals surface area (Å²) in [5.74, 6) is -0.468. The molecule has 0 spiro atoms. The van der Waals surface area contributed by atoms with Crippen LogP contribution in [0.1, 0.15) is 17.3 Å². The largest absolute Gasteiger partial charge is 0.462 e. The molecule has 1 aromatic carbocycles. The maximum absolute atomic E-state index is 11.7. The van der Waals surface area contributed by atoms with E-state index in [0.717, 1.165) is 0 Å². The normalized spacial score (nSPS) is 10.1. The van der Waals surface area contributed by atoms with Crippen molar-refractivity contribution in [3.8, 4) is 0 Å². The molecule has 1 aromatic heterocycles. The predicted octanol–water partition coefficient (Wildman–Crippen LogP) is 2.34. The number of aromatic amines is 1. The van der Waals surface area contributed by atoms with Gasteiger partial charge in [-0.3, -0.25) is 9.78 Å². The molecule has 7 heteroatoms. The zero-order chi connectivity index (χ0) is 14.5. The summed E-state index contributed by atoms with van der Waals surface area (Å²) in [6.07, 6.45) is 1.18. The first-order chi connectivity index (χ1) is 9.60. The molecule has 0 radical (unpaired) electrons. The van der Waals surface area contributed by atoms with E-state index >= 15 is 0 Å². The van der Waals surface area contributed by atoms with E-state index in [1.807, 2.05) is 0 Å². The van der Waals surface area contributed by atoms with E-state index in [4.69, 9.17) is 16.3 Å². The molecule has 0 unspecified atom stereocenters. The van der Waals surface area contributed by atoms with Gasteiger partial charge in [0.2, 0.25) is 5.95 Å². The molecule has 0 bridgehead atoms. The van der Waals surface area contributed by atoms with Crippen LogP contribution in [-0.2, 0) is 4.74 Å². The highest BCUT2D eigenvalue weighted by Gasteiger charge is 2.12. The van der Waals surface area contributed by atoms with E-state index in [1.54, 1.807) is 31.2 Å². The number of H-pyrrole nitrogens is 1. The number of carbonyl (C=O) groups excluding carboxylic acids is 1. The first-order valence-corrected chi connectivity index (χ1v) is 6.27. The van der Waals surface area contributed by atoms with Crippen LogP contribution in [0, 0.1) is 0 Å². The van der Waals surface area contributed by atoms with Crippen LogP contribution < -0.4 is 10.9 Å². The lowest BCUT2D eigenvalue weighted by Crippen LogP contribution is -2.21. The van der Waals surface area contributed by atoms with Gasteiger partial charge in [0.25, 0.3) is 5.56 Å². The van der Waals surface area contributed by atoms with Crippen molar-refractivity contribution in [2.45, 2.75) is 6.92 Å². The Bertz CT molecular complexity index is 667. The van der Waals surface area contributed by atoms with Gasteiger partial charge in [-0.15, -0.1) is 0 Å². The second-order valence-electron chi connectivity index (χ2n) is 3.83. The maximum atomic E-state index is 11.7. The number of nitrogens with one attached hydrogen (secondary N) is 2. The molecule has 0 fully saturated rings. The first-order valence-electron chi connectivity index (χ1n) is 5.89. The van der Waals surface area contributed by atoms with Crippen molar-refractivity contribution in [3.05, 3.63) is 51.4 Å². The summed E-state index contributed by atoms with van der Waals surface area (Å²) in [7, 11) is 0. The van der Waals surface area contributed by atoms with Crippen molar-refractivity contribution < 1.29 is 9.53 Å². The molecule has 2 aromatic rings. The fourth-order valence-electron chi connectivity index (χ4n) is 1.48. The van der Waals surface area contributed by atoms with Crippen LogP contribution in [0.15, 0.2) is 35.3 Å². The predicted molar refractivity (Wildman–Crippen MR) is 75.5 cm³/mol. The number of ether oxygens (including phenoxy) is 1. The van der Waals surface area contributed by atoms with Gasteiger partial charge < -0.3 is 10.1 Å². The van der Waals surface area contributed by atoms with Crippen molar-refractivity contribution in [1.82, 2.24) is 9.97 Å². The van der Waals surface area contributed by atoms with Gasteiger partial charge in [-0.2, -0.15) is 0 Å². The topological polar surface area (TPSA) is 84.1 Å². The van der Waals surface area contributed by atoms with Crippen LogP contribution >= 0.6 is 11.6 Å². The highest BCUT2D eigenvalue weighted by Crippen LogP contribution is 2.15. The van der Waals surface area contributed by atoms with E-state index in [2.05, 4.69) is 15.3 Å². The van der Waals surface area contributed by atoms with Crippen LogP contribution in [0.25, 0.3) is 0 Å². The Morgan fingerprint density at radius 2 is 2.10 bits per heavy atom. The summed E-state index contributed by atoms with van der Waals surface area (Å²) in [5, 5.41) is 3.50. The van der Waals surface area contributed by atoms with Crippen LogP contribution in [0.4, 0.5) is 11.6 Å². The number of carbonyl (C=O) groups is 1. The number of anilines is 2. The second-order valence-corrected chi connectivity index (χ2v) is 4.26. The molecule has 0 aliphatic rings. The van der Waals surface area contributed by atoms with Gasteiger partial charge in [0.05, 0.1) is 12.8 Å². The van der Waals surface area contributed by atoms with Crippen molar-refractivity contribution in [2.24, 2.45) is 0 Å². The number of aromatic nitrogens is 2. The smallest absolute Gasteiger partial charge is 0.345 e. The summed E-state index contributed by atoms with van der Waals surface area (Å²) in [6.45, 7) is 1.86. The lowest BCUT2D eigenvalue weighted by molar-refractivity contribution is 0.0524. The summed E-state index contributed by atoms with van der Waals surface area (Å²) >= 11 is 5.77. The minimum Gasteiger partial charge on any atom is -0.462 e. The number of hydrogen-bond acceptors (Lipinski definition) is 5. The van der Waals surface area contributed by atoms with Crippen LogP contribution in [0.3, 0.4) is 0 Å². The Morgan fingerprint density at radius 3 is 2.70 bits per heavy atom. The van der Waals surface area contributed by atoms with Gasteiger partial charge in [-0.1, -0.05) is 11.6 Å². The van der Waals surface area contributed by atoms with Crippen molar-refractivity contribution >= 4 is 29.2 Å². The first kappa shape index (κ1) is 14.1. The molecular weight excluding hydrogens is 282 g/mol.